The molecule has 0 saturated heterocycles. The van der Waals surface area contributed by atoms with Crippen LogP contribution in [0.25, 0.3) is 0 Å². The van der Waals surface area contributed by atoms with Gasteiger partial charge in [0, 0.05) is 11.9 Å². The fourth-order valence-corrected chi connectivity index (χ4v) is 0.403. The summed E-state index contributed by atoms with van der Waals surface area (Å²) in [7, 11) is 1.71. The third kappa shape index (κ3) is 3.06. The molecule has 2 atom stereocenters. The normalized spacial score (nSPS) is 18.9. The van der Waals surface area contributed by atoms with Crippen LogP contribution in [0, 0.1) is 0 Å². The first kappa shape index (κ1) is 7.44. The van der Waals surface area contributed by atoms with E-state index in [0.29, 0.717) is 10.9 Å². The fraction of sp³-hybridized carbons (Fsp3) is 1.00. The van der Waals surface area contributed by atoms with Crippen molar-refractivity contribution in [2.24, 2.45) is 0 Å². The van der Waals surface area contributed by atoms with Crippen LogP contribution in [0.3, 0.4) is 0 Å². The molecule has 2 heteroatoms. The van der Waals surface area contributed by atoms with Crippen molar-refractivity contribution in [3.05, 3.63) is 0 Å². The molecular formula is C5H11BrO. The maximum Gasteiger partial charge on any atom is 0.0665 e. The van der Waals surface area contributed by atoms with Crippen LogP contribution >= 0.6 is 15.9 Å². The van der Waals surface area contributed by atoms with E-state index in [4.69, 9.17) is 4.74 Å². The summed E-state index contributed by atoms with van der Waals surface area (Å²) in [5.41, 5.74) is 0. The Labute approximate surface area is 53.2 Å². The van der Waals surface area contributed by atoms with Crippen molar-refractivity contribution in [1.29, 1.82) is 0 Å². The molecule has 0 aromatic carbocycles. The SMILES string of the molecule is COC(C)[C@H](C)Br. The molecule has 0 aliphatic carbocycles. The van der Waals surface area contributed by atoms with Gasteiger partial charge in [-0.1, -0.05) is 22.9 Å². The summed E-state index contributed by atoms with van der Waals surface area (Å²) < 4.78 is 4.96. The van der Waals surface area contributed by atoms with Gasteiger partial charge in [-0.15, -0.1) is 0 Å². The largest absolute Gasteiger partial charge is 0.381 e. The zero-order valence-electron chi connectivity index (χ0n) is 4.94. The Balaban J connectivity index is 3.14. The summed E-state index contributed by atoms with van der Waals surface area (Å²) in [6.07, 6.45) is 0.319. The number of alkyl halides is 1. The highest BCUT2D eigenvalue weighted by atomic mass is 79.9. The highest BCUT2D eigenvalue weighted by Crippen LogP contribution is 2.05. The minimum absolute atomic E-state index is 0.319. The quantitative estimate of drug-likeness (QED) is 0.570. The summed E-state index contributed by atoms with van der Waals surface area (Å²) >= 11 is 3.37. The second-order valence-electron chi connectivity index (χ2n) is 1.62. The van der Waals surface area contributed by atoms with Crippen molar-refractivity contribution in [2.45, 2.75) is 24.8 Å². The molecule has 0 fully saturated rings. The molecule has 0 aliphatic rings. The van der Waals surface area contributed by atoms with Crippen LogP contribution < -0.4 is 0 Å². The lowest BCUT2D eigenvalue weighted by atomic mass is 10.3. The Hall–Kier alpha value is 0.440. The molecule has 0 saturated carbocycles. The van der Waals surface area contributed by atoms with Crippen LogP contribution in [0.15, 0.2) is 0 Å². The first-order chi connectivity index (χ1) is 3.18. The summed E-state index contributed by atoms with van der Waals surface area (Å²) in [5, 5.41) is 0. The fourth-order valence-electron chi connectivity index (χ4n) is 0.188. The standard InChI is InChI=1S/C5H11BrO/c1-4(6)5(2)7-3/h4-5H,1-3H3/t4-,5?/m0/s1. The molecule has 0 rings (SSSR count). The lowest BCUT2D eigenvalue weighted by Gasteiger charge is -2.09. The molecule has 0 aromatic rings. The van der Waals surface area contributed by atoms with E-state index in [0.717, 1.165) is 0 Å². The molecule has 0 amide bonds. The van der Waals surface area contributed by atoms with Crippen molar-refractivity contribution >= 4 is 15.9 Å². The van der Waals surface area contributed by atoms with Crippen molar-refractivity contribution in [3.63, 3.8) is 0 Å². The van der Waals surface area contributed by atoms with E-state index in [1.54, 1.807) is 7.11 Å². The van der Waals surface area contributed by atoms with Gasteiger partial charge >= 0.3 is 0 Å². The van der Waals surface area contributed by atoms with Crippen molar-refractivity contribution < 1.29 is 4.74 Å². The van der Waals surface area contributed by atoms with Gasteiger partial charge < -0.3 is 4.74 Å². The molecule has 44 valence electrons. The van der Waals surface area contributed by atoms with E-state index >= 15 is 0 Å². The molecule has 0 aromatic heterocycles. The van der Waals surface area contributed by atoms with Gasteiger partial charge in [-0.25, -0.2) is 0 Å². The van der Waals surface area contributed by atoms with Gasteiger partial charge in [-0.2, -0.15) is 0 Å². The first-order valence-electron chi connectivity index (χ1n) is 2.35. The van der Waals surface area contributed by atoms with E-state index in [1.165, 1.54) is 0 Å². The van der Waals surface area contributed by atoms with Gasteiger partial charge in [0.2, 0.25) is 0 Å². The zero-order chi connectivity index (χ0) is 5.86. The van der Waals surface area contributed by atoms with E-state index in [1.807, 2.05) is 6.92 Å². The maximum atomic E-state index is 4.96. The summed E-state index contributed by atoms with van der Waals surface area (Å²) in [6.45, 7) is 4.09. The predicted octanol–water partition coefficient (Wildman–Crippen LogP) is 1.80. The highest BCUT2D eigenvalue weighted by Gasteiger charge is 2.04. The lowest BCUT2D eigenvalue weighted by Crippen LogP contribution is -2.14. The van der Waals surface area contributed by atoms with E-state index < -0.39 is 0 Å². The van der Waals surface area contributed by atoms with Crippen LogP contribution in [0.4, 0.5) is 0 Å². The second kappa shape index (κ2) is 3.44. The lowest BCUT2D eigenvalue weighted by molar-refractivity contribution is 0.121. The Bertz CT molecular complexity index is 45.3. The Morgan fingerprint density at radius 2 is 1.86 bits per heavy atom. The average Bonchev–Trinajstić information content (AvgIpc) is 1.65. The third-order valence-electron chi connectivity index (χ3n) is 1.02. The number of methoxy groups -OCH3 is 1. The molecule has 0 N–H and O–H groups in total. The Kier molecular flexibility index (Phi) is 3.66. The van der Waals surface area contributed by atoms with Gasteiger partial charge in [-0.05, 0) is 6.92 Å². The van der Waals surface area contributed by atoms with Crippen LogP contribution in [0.5, 0.6) is 0 Å². The highest BCUT2D eigenvalue weighted by molar-refractivity contribution is 9.09. The number of halogens is 1. The monoisotopic (exact) mass is 166 g/mol. The molecule has 0 spiro atoms. The Morgan fingerprint density at radius 1 is 1.43 bits per heavy atom. The zero-order valence-corrected chi connectivity index (χ0v) is 6.53. The topological polar surface area (TPSA) is 9.23 Å². The molecule has 1 nitrogen and oxygen atoms in total. The molecule has 0 aliphatic heterocycles. The minimum atomic E-state index is 0.319. The molecule has 7 heavy (non-hydrogen) atoms. The molecule has 0 bridgehead atoms. The summed E-state index contributed by atoms with van der Waals surface area (Å²) in [6, 6.07) is 0. The van der Waals surface area contributed by atoms with Crippen LogP contribution in [-0.2, 0) is 4.74 Å². The van der Waals surface area contributed by atoms with Gasteiger partial charge in [0.05, 0.1) is 6.10 Å². The van der Waals surface area contributed by atoms with Crippen LogP contribution in [0.2, 0.25) is 0 Å². The number of hydrogen-bond donors (Lipinski definition) is 0. The molecule has 0 radical (unpaired) electrons. The van der Waals surface area contributed by atoms with Gasteiger partial charge in [0.15, 0.2) is 0 Å². The third-order valence-corrected chi connectivity index (χ3v) is 1.76. The number of rotatable bonds is 2. The van der Waals surface area contributed by atoms with Gasteiger partial charge in [0.25, 0.3) is 0 Å². The van der Waals surface area contributed by atoms with Crippen molar-refractivity contribution in [3.8, 4) is 0 Å². The van der Waals surface area contributed by atoms with Gasteiger partial charge in [0.1, 0.15) is 0 Å². The first-order valence-corrected chi connectivity index (χ1v) is 3.27. The van der Waals surface area contributed by atoms with E-state index in [2.05, 4.69) is 22.9 Å². The summed E-state index contributed by atoms with van der Waals surface area (Å²) in [5.74, 6) is 0. The molecule has 1 unspecified atom stereocenters. The minimum Gasteiger partial charge on any atom is -0.381 e. The molecular weight excluding hydrogens is 156 g/mol. The van der Waals surface area contributed by atoms with Crippen LogP contribution in [0.1, 0.15) is 13.8 Å². The van der Waals surface area contributed by atoms with Crippen molar-refractivity contribution in [2.75, 3.05) is 7.11 Å². The second-order valence-corrected chi connectivity index (χ2v) is 3.06. The smallest absolute Gasteiger partial charge is 0.0665 e. The van der Waals surface area contributed by atoms with Crippen molar-refractivity contribution in [1.82, 2.24) is 0 Å². The molecule has 0 heterocycles. The van der Waals surface area contributed by atoms with E-state index in [9.17, 15) is 0 Å². The van der Waals surface area contributed by atoms with Gasteiger partial charge in [-0.3, -0.25) is 0 Å². The average molecular weight is 167 g/mol. The van der Waals surface area contributed by atoms with Crippen LogP contribution in [-0.4, -0.2) is 18.0 Å². The van der Waals surface area contributed by atoms with E-state index in [-0.39, 0.29) is 0 Å². The Morgan fingerprint density at radius 3 is 1.86 bits per heavy atom. The summed E-state index contributed by atoms with van der Waals surface area (Å²) in [4.78, 5) is 0.456. The number of hydrogen-bond acceptors (Lipinski definition) is 1. The maximum absolute atomic E-state index is 4.96. The predicted molar refractivity (Wildman–Crippen MR) is 34.9 cm³/mol. The number of ether oxygens (including phenoxy) is 1.